The summed E-state index contributed by atoms with van der Waals surface area (Å²) in [5, 5.41) is -0.126. The Hall–Kier alpha value is -2.14. The predicted octanol–water partition coefficient (Wildman–Crippen LogP) is 5.26. The number of ketones is 1. The molecule has 0 amide bonds. The van der Waals surface area contributed by atoms with Crippen LogP contribution in [0, 0.1) is 11.7 Å². The molecule has 0 heterocycles. The molecule has 0 aromatic heterocycles. The first-order valence-electron chi connectivity index (χ1n) is 9.43. The van der Waals surface area contributed by atoms with E-state index in [0.717, 1.165) is 12.3 Å². The Kier molecular flexibility index (Phi) is 7.81. The lowest BCUT2D eigenvalue weighted by Gasteiger charge is -2.32. The zero-order valence-corrected chi connectivity index (χ0v) is 17.6. The molecule has 1 fully saturated rings. The van der Waals surface area contributed by atoms with Crippen molar-refractivity contribution in [2.45, 2.75) is 45.6 Å². The average molecular weight is 408 g/mol. The van der Waals surface area contributed by atoms with Crippen molar-refractivity contribution in [2.75, 3.05) is 14.2 Å². The Labute approximate surface area is 171 Å². The van der Waals surface area contributed by atoms with E-state index < -0.39 is 5.82 Å². The van der Waals surface area contributed by atoms with E-state index in [0.29, 0.717) is 12.0 Å². The van der Waals surface area contributed by atoms with Crippen LogP contribution in [-0.2, 0) is 9.53 Å². The molecule has 0 unspecified atom stereocenters. The molecule has 152 valence electrons. The van der Waals surface area contributed by atoms with Crippen molar-refractivity contribution in [2.24, 2.45) is 5.92 Å². The number of carbonyl (C=O) groups is 2. The molecule has 1 atom stereocenters. The van der Waals surface area contributed by atoms with Gasteiger partial charge in [0.25, 0.3) is 0 Å². The molecule has 6 heteroatoms. The van der Waals surface area contributed by atoms with Gasteiger partial charge < -0.3 is 9.64 Å². The third-order valence-electron chi connectivity index (χ3n) is 5.38. The molecule has 1 saturated carbocycles. The highest BCUT2D eigenvalue weighted by atomic mass is 35.5. The first-order valence-corrected chi connectivity index (χ1v) is 9.80. The fraction of sp³-hybridized carbons (Fsp3) is 0.455. The lowest BCUT2D eigenvalue weighted by molar-refractivity contribution is -0.104. The Morgan fingerprint density at radius 2 is 2.11 bits per heavy atom. The fourth-order valence-corrected chi connectivity index (χ4v) is 3.54. The van der Waals surface area contributed by atoms with Gasteiger partial charge >= 0.3 is 0 Å². The Bertz CT molecular complexity index is 799. The van der Waals surface area contributed by atoms with Gasteiger partial charge in [-0.2, -0.15) is 0 Å². The lowest BCUT2D eigenvalue weighted by Crippen LogP contribution is -2.29. The molecule has 2 rings (SSSR count). The third-order valence-corrected chi connectivity index (χ3v) is 5.67. The first kappa shape index (κ1) is 22.2. The summed E-state index contributed by atoms with van der Waals surface area (Å²) in [6.07, 6.45) is 8.33. The number of aldehydes is 1. The maximum Gasteiger partial charge on any atom is 0.160 e. The van der Waals surface area contributed by atoms with Crippen LogP contribution in [0.25, 0.3) is 5.57 Å². The number of rotatable bonds is 9. The van der Waals surface area contributed by atoms with Gasteiger partial charge in [0.1, 0.15) is 17.9 Å². The molecule has 4 nitrogen and oxygen atoms in total. The molecule has 0 bridgehead atoms. The number of hydrogen-bond acceptors (Lipinski definition) is 4. The molecule has 1 aromatic carbocycles. The molecule has 0 radical (unpaired) electrons. The second-order valence-electron chi connectivity index (χ2n) is 7.30. The van der Waals surface area contributed by atoms with E-state index in [1.165, 1.54) is 51.5 Å². The van der Waals surface area contributed by atoms with Gasteiger partial charge in [-0.25, -0.2) is 4.39 Å². The molecule has 1 aliphatic rings. The summed E-state index contributed by atoms with van der Waals surface area (Å²) in [7, 11) is 3.37. The summed E-state index contributed by atoms with van der Waals surface area (Å²) in [4.78, 5) is 25.3. The van der Waals surface area contributed by atoms with Gasteiger partial charge in [-0.05, 0) is 44.4 Å². The van der Waals surface area contributed by atoms with Crippen LogP contribution in [0.5, 0.6) is 0 Å². The topological polar surface area (TPSA) is 46.6 Å². The molecular weight excluding hydrogens is 381 g/mol. The van der Waals surface area contributed by atoms with Crippen LogP contribution in [0.3, 0.4) is 0 Å². The summed E-state index contributed by atoms with van der Waals surface area (Å²) < 4.78 is 20.4. The number of Topliss-reactive ketones (excluding diaryl/α,β-unsaturated/α-hetero) is 1. The molecule has 28 heavy (non-hydrogen) atoms. The quantitative estimate of drug-likeness (QED) is 0.184. The molecule has 0 N–H and O–H groups in total. The van der Waals surface area contributed by atoms with E-state index in [1.807, 2.05) is 11.9 Å². The number of methoxy groups -OCH3 is 1. The van der Waals surface area contributed by atoms with Crippen LogP contribution in [0.1, 0.15) is 55.5 Å². The van der Waals surface area contributed by atoms with Gasteiger partial charge in [0.2, 0.25) is 0 Å². The van der Waals surface area contributed by atoms with Crippen molar-refractivity contribution in [1.29, 1.82) is 0 Å². The first-order chi connectivity index (χ1) is 13.3. The standard InChI is InChI=1S/C22H27ClFNO3/c1-14(12-16-6-5-7-16)25(3)13-20(28-4)18(10-11-26)21-17(15(2)27)8-9-19(23)22(21)24/h8-11,13-14,16H,5-7,12H2,1-4H3/b18-10+,20-13+/t14-/m1/s1. The molecule has 0 aliphatic heterocycles. The number of benzene rings is 1. The van der Waals surface area contributed by atoms with E-state index in [4.69, 9.17) is 16.3 Å². The van der Waals surface area contributed by atoms with E-state index in [2.05, 4.69) is 6.92 Å². The highest BCUT2D eigenvalue weighted by Gasteiger charge is 2.24. The normalized spacial score (nSPS) is 16.4. The van der Waals surface area contributed by atoms with Gasteiger partial charge in [0.15, 0.2) is 5.78 Å². The van der Waals surface area contributed by atoms with Gasteiger partial charge in [0.05, 0.1) is 12.1 Å². The minimum absolute atomic E-state index is 0.0276. The number of nitrogens with zero attached hydrogens (tertiary/aromatic N) is 1. The third kappa shape index (κ3) is 5.02. The Balaban J connectivity index is 2.46. The van der Waals surface area contributed by atoms with Crippen LogP contribution in [0.2, 0.25) is 5.02 Å². The van der Waals surface area contributed by atoms with Crippen LogP contribution >= 0.6 is 11.6 Å². The molecule has 0 spiro atoms. The molecular formula is C22H27ClFNO3. The summed E-state index contributed by atoms with van der Waals surface area (Å²) in [6, 6.07) is 3.04. The minimum atomic E-state index is -0.754. The Morgan fingerprint density at radius 3 is 2.61 bits per heavy atom. The van der Waals surface area contributed by atoms with Crippen LogP contribution in [-0.4, -0.2) is 37.2 Å². The number of carbonyl (C=O) groups excluding carboxylic acids is 2. The van der Waals surface area contributed by atoms with Gasteiger partial charge in [0, 0.05) is 36.0 Å². The summed E-state index contributed by atoms with van der Waals surface area (Å²) in [5.41, 5.74) is 0.300. The smallest absolute Gasteiger partial charge is 0.160 e. The van der Waals surface area contributed by atoms with Crippen molar-refractivity contribution < 1.29 is 18.7 Å². The van der Waals surface area contributed by atoms with E-state index in [9.17, 15) is 14.0 Å². The van der Waals surface area contributed by atoms with Gasteiger partial charge in [-0.1, -0.05) is 30.9 Å². The van der Waals surface area contributed by atoms with Crippen molar-refractivity contribution >= 4 is 29.2 Å². The SMILES string of the molecule is COC(=C/N(C)[C@H](C)CC1CCC1)/C(=C\C=O)c1c(C(C)=O)ccc(Cl)c1F. The Morgan fingerprint density at radius 1 is 1.43 bits per heavy atom. The minimum Gasteiger partial charge on any atom is -0.495 e. The van der Waals surface area contributed by atoms with Crippen LogP contribution in [0.4, 0.5) is 4.39 Å². The van der Waals surface area contributed by atoms with Gasteiger partial charge in [-0.15, -0.1) is 0 Å². The number of allylic oxidation sites excluding steroid dienone is 2. The second kappa shape index (κ2) is 9.87. The number of halogens is 2. The monoisotopic (exact) mass is 407 g/mol. The molecule has 0 saturated heterocycles. The summed E-state index contributed by atoms with van der Waals surface area (Å²) in [5.74, 6) is -0.0599. The maximum atomic E-state index is 14.9. The van der Waals surface area contributed by atoms with E-state index >= 15 is 0 Å². The summed E-state index contributed by atoms with van der Waals surface area (Å²) in [6.45, 7) is 3.46. The maximum absolute atomic E-state index is 14.9. The van der Waals surface area contributed by atoms with E-state index in [1.54, 1.807) is 6.20 Å². The van der Waals surface area contributed by atoms with Gasteiger partial charge in [-0.3, -0.25) is 9.59 Å². The van der Waals surface area contributed by atoms with Crippen molar-refractivity contribution in [3.8, 4) is 0 Å². The molecule has 1 aromatic rings. The van der Waals surface area contributed by atoms with Crippen molar-refractivity contribution in [1.82, 2.24) is 4.90 Å². The lowest BCUT2D eigenvalue weighted by atomic mass is 9.81. The zero-order chi connectivity index (χ0) is 20.8. The van der Waals surface area contributed by atoms with E-state index in [-0.39, 0.29) is 33.5 Å². The van der Waals surface area contributed by atoms with Crippen LogP contribution < -0.4 is 0 Å². The highest BCUT2D eigenvalue weighted by molar-refractivity contribution is 6.31. The fourth-order valence-electron chi connectivity index (χ4n) is 3.39. The predicted molar refractivity (Wildman–Crippen MR) is 110 cm³/mol. The summed E-state index contributed by atoms with van der Waals surface area (Å²) >= 11 is 5.95. The van der Waals surface area contributed by atoms with Crippen LogP contribution in [0.15, 0.2) is 30.2 Å². The largest absolute Gasteiger partial charge is 0.495 e. The zero-order valence-electron chi connectivity index (χ0n) is 16.8. The molecule has 1 aliphatic carbocycles. The highest BCUT2D eigenvalue weighted by Crippen LogP contribution is 2.34. The second-order valence-corrected chi connectivity index (χ2v) is 7.71. The van der Waals surface area contributed by atoms with Crippen molar-refractivity contribution in [3.63, 3.8) is 0 Å². The number of hydrogen-bond donors (Lipinski definition) is 0. The number of ether oxygens (including phenoxy) is 1. The van der Waals surface area contributed by atoms with Crippen molar-refractivity contribution in [3.05, 3.63) is 52.1 Å². The average Bonchev–Trinajstić information content (AvgIpc) is 2.62.